The molecule has 0 aromatic carbocycles. The molecule has 0 N–H and O–H groups in total. The summed E-state index contributed by atoms with van der Waals surface area (Å²) >= 11 is 0. The highest BCUT2D eigenvalue weighted by molar-refractivity contribution is 4.92. The van der Waals surface area contributed by atoms with Crippen LogP contribution >= 0.6 is 0 Å². The molecule has 2 unspecified atom stereocenters. The van der Waals surface area contributed by atoms with Crippen LogP contribution in [-0.4, -0.2) is 12.2 Å². The molecule has 2 atom stereocenters. The summed E-state index contributed by atoms with van der Waals surface area (Å²) in [6.07, 6.45) is 11.5. The Kier molecular flexibility index (Phi) is 1.84. The predicted molar refractivity (Wildman–Crippen MR) is 41.9 cm³/mol. The maximum absolute atomic E-state index is 5.33. The summed E-state index contributed by atoms with van der Waals surface area (Å²) in [4.78, 5) is 0. The quantitative estimate of drug-likeness (QED) is 0.602. The Morgan fingerprint density at radius 2 is 1.55 bits per heavy atom. The van der Waals surface area contributed by atoms with Gasteiger partial charge >= 0.3 is 0 Å². The van der Waals surface area contributed by atoms with E-state index in [1.54, 1.807) is 12.5 Å². The van der Waals surface area contributed by atoms with Gasteiger partial charge in [0.1, 0.15) is 12.2 Å². The van der Waals surface area contributed by atoms with Crippen LogP contribution < -0.4 is 0 Å². The molecule has 0 saturated heterocycles. The molecular weight excluding hydrogens is 140 g/mol. The zero-order valence-corrected chi connectivity index (χ0v) is 6.40. The van der Waals surface area contributed by atoms with Crippen LogP contribution in [0.1, 0.15) is 19.3 Å². The second kappa shape index (κ2) is 2.99. The fourth-order valence-electron chi connectivity index (χ4n) is 1.46. The Labute approximate surface area is 66.5 Å². The van der Waals surface area contributed by atoms with E-state index in [4.69, 9.17) is 9.47 Å². The van der Waals surface area contributed by atoms with Gasteiger partial charge in [-0.15, -0.1) is 0 Å². The first-order chi connectivity index (χ1) is 5.45. The Morgan fingerprint density at radius 3 is 1.91 bits per heavy atom. The summed E-state index contributed by atoms with van der Waals surface area (Å²) in [5.41, 5.74) is 0. The molecule has 11 heavy (non-hydrogen) atoms. The molecule has 0 amide bonds. The third kappa shape index (κ3) is 1.56. The number of hydrogen-bond donors (Lipinski definition) is 0. The molecule has 0 spiro atoms. The lowest BCUT2D eigenvalue weighted by molar-refractivity contribution is 0.0828. The molecule has 0 bridgehead atoms. The molecule has 2 aliphatic heterocycles. The Morgan fingerprint density at radius 1 is 1.00 bits per heavy atom. The van der Waals surface area contributed by atoms with Crippen LogP contribution in [0.4, 0.5) is 0 Å². The summed E-state index contributed by atoms with van der Waals surface area (Å²) in [6, 6.07) is 0. The van der Waals surface area contributed by atoms with Crippen LogP contribution in [0.5, 0.6) is 0 Å². The van der Waals surface area contributed by atoms with E-state index < -0.39 is 0 Å². The normalized spacial score (nSPS) is 33.8. The lowest BCUT2D eigenvalue weighted by Crippen LogP contribution is -2.15. The first kappa shape index (κ1) is 6.77. The van der Waals surface area contributed by atoms with Crippen molar-refractivity contribution in [3.05, 3.63) is 24.7 Å². The average Bonchev–Trinajstić information content (AvgIpc) is 2.60. The third-order valence-electron chi connectivity index (χ3n) is 2.06. The highest BCUT2D eigenvalue weighted by atomic mass is 16.5. The van der Waals surface area contributed by atoms with Gasteiger partial charge in [0.05, 0.1) is 12.5 Å². The van der Waals surface area contributed by atoms with Crippen LogP contribution in [0, 0.1) is 0 Å². The molecule has 0 aromatic rings. The monoisotopic (exact) mass is 152 g/mol. The largest absolute Gasteiger partial charge is 0.498 e. The van der Waals surface area contributed by atoms with Crippen molar-refractivity contribution in [1.29, 1.82) is 0 Å². The van der Waals surface area contributed by atoms with Gasteiger partial charge in [0.15, 0.2) is 0 Å². The van der Waals surface area contributed by atoms with Crippen molar-refractivity contribution < 1.29 is 9.47 Å². The van der Waals surface area contributed by atoms with E-state index in [0.717, 1.165) is 19.3 Å². The van der Waals surface area contributed by atoms with Crippen molar-refractivity contribution in [2.75, 3.05) is 0 Å². The van der Waals surface area contributed by atoms with Gasteiger partial charge < -0.3 is 9.47 Å². The number of rotatable bonds is 2. The van der Waals surface area contributed by atoms with Gasteiger partial charge in [-0.05, 0) is 12.2 Å². The number of hydrogen-bond acceptors (Lipinski definition) is 2. The molecule has 0 aromatic heterocycles. The van der Waals surface area contributed by atoms with Crippen molar-refractivity contribution in [3.8, 4) is 0 Å². The molecule has 2 heteroatoms. The molecule has 2 nitrogen and oxygen atoms in total. The van der Waals surface area contributed by atoms with Crippen LogP contribution in [0.15, 0.2) is 24.7 Å². The highest BCUT2D eigenvalue weighted by Crippen LogP contribution is 2.20. The van der Waals surface area contributed by atoms with E-state index in [0.29, 0.717) is 12.2 Å². The summed E-state index contributed by atoms with van der Waals surface area (Å²) in [6.45, 7) is 0. The maximum Gasteiger partial charge on any atom is 0.105 e. The molecule has 0 saturated carbocycles. The Balaban J connectivity index is 1.73. The van der Waals surface area contributed by atoms with E-state index >= 15 is 0 Å². The summed E-state index contributed by atoms with van der Waals surface area (Å²) in [5.74, 6) is 0. The van der Waals surface area contributed by atoms with E-state index in [-0.39, 0.29) is 0 Å². The standard InChI is InChI=1S/C9H12O2/c1-3-8(10-5-1)7-9-4-2-6-11-9/h1-2,5-6,8-9H,3-4,7H2. The Bertz CT molecular complexity index is 148. The van der Waals surface area contributed by atoms with Crippen molar-refractivity contribution in [2.24, 2.45) is 0 Å². The molecule has 0 fully saturated rings. The van der Waals surface area contributed by atoms with Gasteiger partial charge in [-0.2, -0.15) is 0 Å². The molecule has 60 valence electrons. The molecule has 2 rings (SSSR count). The van der Waals surface area contributed by atoms with E-state index in [2.05, 4.69) is 12.2 Å². The SMILES string of the molecule is C1=COC(CC2CC=CO2)C1. The molecule has 2 heterocycles. The fraction of sp³-hybridized carbons (Fsp3) is 0.556. The lowest BCUT2D eigenvalue weighted by atomic mass is 10.1. The van der Waals surface area contributed by atoms with Crippen LogP contribution in [-0.2, 0) is 9.47 Å². The van der Waals surface area contributed by atoms with Gasteiger partial charge in [0.25, 0.3) is 0 Å². The summed E-state index contributed by atoms with van der Waals surface area (Å²) in [5, 5.41) is 0. The van der Waals surface area contributed by atoms with Gasteiger partial charge in [0, 0.05) is 19.3 Å². The van der Waals surface area contributed by atoms with Gasteiger partial charge in [-0.1, -0.05) is 0 Å². The predicted octanol–water partition coefficient (Wildman–Crippen LogP) is 1.98. The summed E-state index contributed by atoms with van der Waals surface area (Å²) < 4.78 is 10.7. The topological polar surface area (TPSA) is 18.5 Å². The Hall–Kier alpha value is -0.920. The van der Waals surface area contributed by atoms with Crippen LogP contribution in [0.25, 0.3) is 0 Å². The van der Waals surface area contributed by atoms with E-state index in [1.807, 2.05) is 0 Å². The second-order valence-electron chi connectivity index (χ2n) is 2.97. The number of ether oxygens (including phenoxy) is 2. The maximum atomic E-state index is 5.33. The lowest BCUT2D eigenvalue weighted by Gasteiger charge is -2.15. The van der Waals surface area contributed by atoms with E-state index in [9.17, 15) is 0 Å². The zero-order chi connectivity index (χ0) is 7.52. The first-order valence-corrected chi connectivity index (χ1v) is 4.06. The van der Waals surface area contributed by atoms with E-state index in [1.165, 1.54) is 0 Å². The molecular formula is C9H12O2. The third-order valence-corrected chi connectivity index (χ3v) is 2.06. The minimum atomic E-state index is 0.361. The molecule has 0 radical (unpaired) electrons. The van der Waals surface area contributed by atoms with Crippen LogP contribution in [0.2, 0.25) is 0 Å². The summed E-state index contributed by atoms with van der Waals surface area (Å²) in [7, 11) is 0. The van der Waals surface area contributed by atoms with Crippen molar-refractivity contribution >= 4 is 0 Å². The highest BCUT2D eigenvalue weighted by Gasteiger charge is 2.19. The smallest absolute Gasteiger partial charge is 0.105 e. The fourth-order valence-corrected chi connectivity index (χ4v) is 1.46. The van der Waals surface area contributed by atoms with Crippen molar-refractivity contribution in [2.45, 2.75) is 31.5 Å². The first-order valence-electron chi connectivity index (χ1n) is 4.06. The van der Waals surface area contributed by atoms with Gasteiger partial charge in [-0.25, -0.2) is 0 Å². The van der Waals surface area contributed by atoms with Gasteiger partial charge in [0.2, 0.25) is 0 Å². The van der Waals surface area contributed by atoms with Crippen LogP contribution in [0.3, 0.4) is 0 Å². The van der Waals surface area contributed by atoms with Crippen molar-refractivity contribution in [1.82, 2.24) is 0 Å². The minimum absolute atomic E-state index is 0.361. The average molecular weight is 152 g/mol. The zero-order valence-electron chi connectivity index (χ0n) is 6.40. The van der Waals surface area contributed by atoms with Gasteiger partial charge in [-0.3, -0.25) is 0 Å². The molecule has 0 aliphatic carbocycles. The molecule has 2 aliphatic rings. The minimum Gasteiger partial charge on any atom is -0.498 e. The van der Waals surface area contributed by atoms with Crippen molar-refractivity contribution in [3.63, 3.8) is 0 Å². The second-order valence-corrected chi connectivity index (χ2v) is 2.97.